The molecule has 1 heterocycles. The van der Waals surface area contributed by atoms with Gasteiger partial charge in [-0.1, -0.05) is 11.6 Å². The molecular weight excluding hydrogens is 453 g/mol. The smallest absolute Gasteiger partial charge is 0.204 e. The van der Waals surface area contributed by atoms with E-state index in [2.05, 4.69) is 4.98 Å². The van der Waals surface area contributed by atoms with Crippen LogP contribution in [0.15, 0.2) is 24.4 Å². The number of hydrogen-bond donors (Lipinski definition) is 4. The number of rotatable bonds is 7. The van der Waals surface area contributed by atoms with Crippen LogP contribution in [0, 0.1) is 3.57 Å². The lowest BCUT2D eigenvalue weighted by atomic mass is 10.0. The van der Waals surface area contributed by atoms with Gasteiger partial charge in [-0.15, -0.1) is 0 Å². The predicted octanol–water partition coefficient (Wildman–Crippen LogP) is 1.27. The summed E-state index contributed by atoms with van der Waals surface area (Å²) in [6.45, 7) is 0.684. The van der Waals surface area contributed by atoms with Crippen LogP contribution in [0.5, 0.6) is 5.75 Å². The third kappa shape index (κ3) is 4.26. The molecule has 0 aliphatic heterocycles. The maximum Gasteiger partial charge on any atom is 0.204 e. The minimum absolute atomic E-state index is 0.271. The Labute approximate surface area is 156 Å². The molecule has 24 heavy (non-hydrogen) atoms. The van der Waals surface area contributed by atoms with Gasteiger partial charge in [-0.3, -0.25) is 4.98 Å². The maximum atomic E-state index is 9.94. The molecule has 4 atom stereocenters. The lowest BCUT2D eigenvalue weighted by Gasteiger charge is -2.26. The van der Waals surface area contributed by atoms with Crippen molar-refractivity contribution in [2.75, 3.05) is 6.61 Å². The average Bonchev–Trinajstić information content (AvgIpc) is 2.56. The molecule has 0 aliphatic rings. The van der Waals surface area contributed by atoms with E-state index in [1.165, 1.54) is 6.92 Å². The number of aromatic nitrogens is 1. The fraction of sp³-hybridized carbons (Fsp3) is 0.400. The standard InChI is InChI=1S/C15H17ClINO6/c1-7(20)13(21)14(22)11(6-19)23-24-15-10(17)5-9(16)8-3-2-4-18-12(8)15/h2-5,7,11,13-14,19-22H,6H2,1H3. The molecule has 1 aromatic carbocycles. The molecular formula is C15H17ClINO6. The minimum Gasteiger partial charge on any atom is -0.393 e. The molecule has 0 saturated carbocycles. The molecule has 132 valence electrons. The molecule has 4 unspecified atom stereocenters. The van der Waals surface area contributed by atoms with Gasteiger partial charge in [-0.05, 0) is 47.7 Å². The Morgan fingerprint density at radius 2 is 2.00 bits per heavy atom. The van der Waals surface area contributed by atoms with Crippen molar-refractivity contribution in [3.63, 3.8) is 0 Å². The van der Waals surface area contributed by atoms with Gasteiger partial charge in [0.15, 0.2) is 6.10 Å². The first-order chi connectivity index (χ1) is 11.4. The molecule has 0 bridgehead atoms. The SMILES string of the molecule is CC(O)C(O)C(O)C(CO)OOc1c(I)cc(Cl)c2cccnc12. The molecule has 0 saturated heterocycles. The van der Waals surface area contributed by atoms with E-state index in [0.29, 0.717) is 19.5 Å². The first kappa shape index (κ1) is 19.6. The van der Waals surface area contributed by atoms with Gasteiger partial charge in [-0.2, -0.15) is 4.89 Å². The van der Waals surface area contributed by atoms with Crippen molar-refractivity contribution in [1.29, 1.82) is 0 Å². The normalized spacial score (nSPS) is 16.6. The lowest BCUT2D eigenvalue weighted by molar-refractivity contribution is -0.284. The molecule has 7 nitrogen and oxygen atoms in total. The van der Waals surface area contributed by atoms with Crippen LogP contribution in [-0.4, -0.2) is 56.4 Å². The van der Waals surface area contributed by atoms with Crippen molar-refractivity contribution < 1.29 is 30.2 Å². The highest BCUT2D eigenvalue weighted by molar-refractivity contribution is 14.1. The van der Waals surface area contributed by atoms with Crippen molar-refractivity contribution in [2.45, 2.75) is 31.3 Å². The van der Waals surface area contributed by atoms with Gasteiger partial charge in [0.25, 0.3) is 0 Å². The number of aliphatic hydroxyl groups is 4. The Hall–Kier alpha value is -0.750. The van der Waals surface area contributed by atoms with Crippen LogP contribution in [0.1, 0.15) is 6.92 Å². The Bertz CT molecular complexity index is 701. The highest BCUT2D eigenvalue weighted by Crippen LogP contribution is 2.35. The molecule has 0 amide bonds. The molecule has 0 spiro atoms. The number of halogens is 2. The highest BCUT2D eigenvalue weighted by Gasteiger charge is 2.31. The number of nitrogens with zero attached hydrogens (tertiary/aromatic N) is 1. The summed E-state index contributed by atoms with van der Waals surface area (Å²) in [7, 11) is 0. The van der Waals surface area contributed by atoms with Gasteiger partial charge in [0, 0.05) is 11.6 Å². The Kier molecular flexibility index (Phi) is 6.99. The van der Waals surface area contributed by atoms with E-state index in [4.69, 9.17) is 21.4 Å². The maximum absolute atomic E-state index is 9.94. The van der Waals surface area contributed by atoms with Gasteiger partial charge >= 0.3 is 0 Å². The van der Waals surface area contributed by atoms with Crippen molar-refractivity contribution >= 4 is 45.1 Å². The van der Waals surface area contributed by atoms with Crippen LogP contribution in [0.3, 0.4) is 0 Å². The molecule has 0 fully saturated rings. The number of fused-ring (bicyclic) bond motifs is 1. The van der Waals surface area contributed by atoms with Gasteiger partial charge in [0.1, 0.15) is 17.7 Å². The zero-order chi connectivity index (χ0) is 17.9. The van der Waals surface area contributed by atoms with Crippen LogP contribution in [0.2, 0.25) is 5.02 Å². The van der Waals surface area contributed by atoms with Crippen LogP contribution in [-0.2, 0) is 4.89 Å². The van der Waals surface area contributed by atoms with Gasteiger partial charge in [-0.25, -0.2) is 0 Å². The monoisotopic (exact) mass is 469 g/mol. The van der Waals surface area contributed by atoms with Gasteiger partial charge in [0.05, 0.1) is 21.3 Å². The van der Waals surface area contributed by atoms with Crippen molar-refractivity contribution in [1.82, 2.24) is 4.98 Å². The summed E-state index contributed by atoms with van der Waals surface area (Å²) < 4.78 is 0.617. The fourth-order valence-corrected chi connectivity index (χ4v) is 3.14. The number of pyridine rings is 1. The topological polar surface area (TPSA) is 112 Å². The molecule has 0 aliphatic carbocycles. The third-order valence-corrected chi connectivity index (χ3v) is 4.52. The van der Waals surface area contributed by atoms with E-state index < -0.39 is 31.0 Å². The van der Waals surface area contributed by atoms with E-state index >= 15 is 0 Å². The molecule has 1 aromatic heterocycles. The third-order valence-electron chi connectivity index (χ3n) is 3.41. The number of hydrogen-bond acceptors (Lipinski definition) is 7. The summed E-state index contributed by atoms with van der Waals surface area (Å²) in [5.74, 6) is 0.271. The summed E-state index contributed by atoms with van der Waals surface area (Å²) in [5.41, 5.74) is 0.455. The molecule has 0 radical (unpaired) electrons. The van der Waals surface area contributed by atoms with Crippen LogP contribution in [0.25, 0.3) is 10.9 Å². The Morgan fingerprint density at radius 3 is 2.62 bits per heavy atom. The quantitative estimate of drug-likeness (QED) is 0.274. The van der Waals surface area contributed by atoms with Crippen molar-refractivity contribution in [2.24, 2.45) is 0 Å². The summed E-state index contributed by atoms with van der Waals surface area (Å²) >= 11 is 8.16. The molecule has 9 heteroatoms. The summed E-state index contributed by atoms with van der Waals surface area (Å²) in [6.07, 6.45) is -3.93. The van der Waals surface area contributed by atoms with Crippen molar-refractivity contribution in [3.05, 3.63) is 33.0 Å². The van der Waals surface area contributed by atoms with E-state index in [1.54, 1.807) is 24.4 Å². The zero-order valence-corrected chi connectivity index (χ0v) is 15.5. The molecule has 2 rings (SSSR count). The first-order valence-electron chi connectivity index (χ1n) is 7.08. The predicted molar refractivity (Wildman–Crippen MR) is 95.8 cm³/mol. The van der Waals surface area contributed by atoms with E-state index in [0.717, 1.165) is 0 Å². The van der Waals surface area contributed by atoms with Crippen LogP contribution in [0.4, 0.5) is 0 Å². The minimum atomic E-state index is -1.54. The van der Waals surface area contributed by atoms with Crippen LogP contribution >= 0.6 is 34.2 Å². The number of benzene rings is 1. The van der Waals surface area contributed by atoms with Gasteiger partial charge in [0.2, 0.25) is 5.75 Å². The molecule has 2 aromatic rings. The summed E-state index contributed by atoms with van der Waals surface area (Å²) in [6, 6.07) is 5.16. The first-order valence-corrected chi connectivity index (χ1v) is 8.53. The van der Waals surface area contributed by atoms with E-state index in [-0.39, 0.29) is 5.75 Å². The highest BCUT2D eigenvalue weighted by atomic mass is 127. The second-order valence-corrected chi connectivity index (χ2v) is 6.76. The van der Waals surface area contributed by atoms with Gasteiger partial charge < -0.3 is 25.3 Å². The zero-order valence-electron chi connectivity index (χ0n) is 12.6. The lowest BCUT2D eigenvalue weighted by Crippen LogP contribution is -2.46. The second kappa shape index (κ2) is 8.56. The average molecular weight is 470 g/mol. The summed E-state index contributed by atoms with van der Waals surface area (Å²) in [4.78, 5) is 14.6. The second-order valence-electron chi connectivity index (χ2n) is 5.19. The van der Waals surface area contributed by atoms with Crippen molar-refractivity contribution in [3.8, 4) is 5.75 Å². The Morgan fingerprint density at radius 1 is 1.29 bits per heavy atom. The van der Waals surface area contributed by atoms with E-state index in [1.807, 2.05) is 22.6 Å². The van der Waals surface area contributed by atoms with E-state index in [9.17, 15) is 20.4 Å². The number of aliphatic hydroxyl groups excluding tert-OH is 4. The fourth-order valence-electron chi connectivity index (χ4n) is 2.04. The summed E-state index contributed by atoms with van der Waals surface area (Å²) in [5, 5.41) is 39.4. The molecule has 4 N–H and O–H groups in total. The largest absolute Gasteiger partial charge is 0.393 e. The Balaban J connectivity index is 2.23. The van der Waals surface area contributed by atoms with Crippen LogP contribution < -0.4 is 4.89 Å².